The van der Waals surface area contributed by atoms with E-state index in [4.69, 9.17) is 14.8 Å². The molecule has 0 radical (unpaired) electrons. The van der Waals surface area contributed by atoms with Crippen molar-refractivity contribution in [3.8, 4) is 0 Å². The average molecular weight is 629 g/mol. The molecule has 4 atom stereocenters. The van der Waals surface area contributed by atoms with Crippen molar-refractivity contribution in [2.45, 2.75) is 135 Å². The number of carbonyl (C=O) groups excluding carboxylic acids is 1. The Morgan fingerprint density at radius 3 is 2.05 bits per heavy atom. The first-order chi connectivity index (χ1) is 20.8. The standard InChI is InChI=1S/C33H61N2O7P/c1-3-5-7-9-11-13-15-16-18-20-22-24-30(36)28-33(38)35-31(29-42-43(39,40)41-27-26-34)32(37)25-23-21-19-17-14-12-10-8-6-4-2/h14,16-18,22-25,30-32,36-37H,3-13,15,19-21,26-29,34H2,1-2H3,(H,35,38)(H,39,40)/b17-14+,18-16-,24-22-,25-23+. The fourth-order valence-corrected chi connectivity index (χ4v) is 4.95. The Kier molecular flexibility index (Phi) is 28.1. The number of amides is 1. The molecule has 0 spiro atoms. The second kappa shape index (κ2) is 29.1. The van der Waals surface area contributed by atoms with Crippen molar-refractivity contribution < 1.29 is 33.5 Å². The number of unbranched alkanes of at least 4 members (excludes halogenated alkanes) is 11. The molecule has 0 saturated heterocycles. The number of phosphoric ester groups is 1. The summed E-state index contributed by atoms with van der Waals surface area (Å²) in [5.74, 6) is -0.529. The van der Waals surface area contributed by atoms with Crippen LogP contribution in [-0.2, 0) is 18.4 Å². The normalized spacial score (nSPS) is 16.0. The topological polar surface area (TPSA) is 151 Å². The molecule has 9 nitrogen and oxygen atoms in total. The van der Waals surface area contributed by atoms with E-state index in [-0.39, 0.29) is 19.6 Å². The highest BCUT2D eigenvalue weighted by Crippen LogP contribution is 2.43. The van der Waals surface area contributed by atoms with Gasteiger partial charge in [0, 0.05) is 6.54 Å². The van der Waals surface area contributed by atoms with E-state index in [2.05, 4.69) is 43.5 Å². The number of aliphatic hydroxyl groups is 2. The van der Waals surface area contributed by atoms with Crippen molar-refractivity contribution in [3.05, 3.63) is 48.6 Å². The van der Waals surface area contributed by atoms with Crippen LogP contribution in [0.1, 0.15) is 117 Å². The minimum Gasteiger partial charge on any atom is -0.389 e. The molecule has 0 aliphatic carbocycles. The molecule has 0 aromatic carbocycles. The lowest BCUT2D eigenvalue weighted by Gasteiger charge is -2.23. The van der Waals surface area contributed by atoms with Gasteiger partial charge in [0.1, 0.15) is 0 Å². The Labute approximate surface area is 261 Å². The zero-order valence-corrected chi connectivity index (χ0v) is 27.7. The lowest BCUT2D eigenvalue weighted by molar-refractivity contribution is -0.124. The van der Waals surface area contributed by atoms with Crippen LogP contribution in [0.15, 0.2) is 48.6 Å². The van der Waals surface area contributed by atoms with E-state index in [1.54, 1.807) is 12.2 Å². The summed E-state index contributed by atoms with van der Waals surface area (Å²) in [6.07, 6.45) is 29.5. The summed E-state index contributed by atoms with van der Waals surface area (Å²) in [4.78, 5) is 22.4. The molecule has 250 valence electrons. The Morgan fingerprint density at radius 1 is 0.791 bits per heavy atom. The van der Waals surface area contributed by atoms with Crippen molar-refractivity contribution in [2.24, 2.45) is 5.73 Å². The first-order valence-electron chi connectivity index (χ1n) is 16.4. The molecule has 43 heavy (non-hydrogen) atoms. The van der Waals surface area contributed by atoms with E-state index in [9.17, 15) is 24.5 Å². The third kappa shape index (κ3) is 27.7. The van der Waals surface area contributed by atoms with Gasteiger partial charge < -0.3 is 26.2 Å². The molecule has 0 fully saturated rings. The Hall–Kier alpha value is -1.58. The van der Waals surface area contributed by atoms with Crippen LogP contribution in [0, 0.1) is 0 Å². The van der Waals surface area contributed by atoms with Crippen LogP contribution in [0.25, 0.3) is 0 Å². The fraction of sp³-hybridized carbons (Fsp3) is 0.727. The maximum Gasteiger partial charge on any atom is 0.472 e. The van der Waals surface area contributed by atoms with Crippen LogP contribution in [0.2, 0.25) is 0 Å². The molecular weight excluding hydrogens is 567 g/mol. The quantitative estimate of drug-likeness (QED) is 0.0345. The molecule has 0 aliphatic rings. The summed E-state index contributed by atoms with van der Waals surface area (Å²) in [5.41, 5.74) is 5.31. The summed E-state index contributed by atoms with van der Waals surface area (Å²) in [5, 5.41) is 23.6. The summed E-state index contributed by atoms with van der Waals surface area (Å²) in [6, 6.07) is -1.03. The van der Waals surface area contributed by atoms with E-state index in [1.165, 1.54) is 70.3 Å². The number of aliphatic hydroxyl groups excluding tert-OH is 2. The molecular formula is C33H61N2O7P. The van der Waals surface area contributed by atoms with Gasteiger partial charge in [-0.2, -0.15) is 0 Å². The summed E-state index contributed by atoms with van der Waals surface area (Å²) >= 11 is 0. The highest BCUT2D eigenvalue weighted by Gasteiger charge is 2.27. The zero-order valence-electron chi connectivity index (χ0n) is 26.8. The van der Waals surface area contributed by atoms with Crippen molar-refractivity contribution >= 4 is 13.7 Å². The largest absolute Gasteiger partial charge is 0.472 e. The monoisotopic (exact) mass is 628 g/mol. The maximum atomic E-state index is 12.6. The smallest absolute Gasteiger partial charge is 0.389 e. The average Bonchev–Trinajstić information content (AvgIpc) is 2.97. The van der Waals surface area contributed by atoms with Crippen molar-refractivity contribution in [1.82, 2.24) is 5.32 Å². The summed E-state index contributed by atoms with van der Waals surface area (Å²) in [6.45, 7) is 3.80. The van der Waals surface area contributed by atoms with Gasteiger partial charge in [0.05, 0.1) is 37.9 Å². The minimum atomic E-state index is -4.41. The zero-order chi connectivity index (χ0) is 32.0. The predicted octanol–water partition coefficient (Wildman–Crippen LogP) is 6.79. The van der Waals surface area contributed by atoms with Crippen LogP contribution >= 0.6 is 7.82 Å². The molecule has 0 aromatic rings. The van der Waals surface area contributed by atoms with Crippen molar-refractivity contribution in [1.29, 1.82) is 0 Å². The van der Waals surface area contributed by atoms with E-state index in [1.807, 2.05) is 6.08 Å². The Bertz CT molecular complexity index is 832. The fourth-order valence-electron chi connectivity index (χ4n) is 4.19. The number of phosphoric acid groups is 1. The molecule has 0 aromatic heterocycles. The molecule has 0 heterocycles. The van der Waals surface area contributed by atoms with Gasteiger partial charge in [-0.3, -0.25) is 13.8 Å². The van der Waals surface area contributed by atoms with Crippen molar-refractivity contribution in [2.75, 3.05) is 19.8 Å². The second-order valence-electron chi connectivity index (χ2n) is 10.8. The van der Waals surface area contributed by atoms with Gasteiger partial charge in [-0.15, -0.1) is 0 Å². The minimum absolute atomic E-state index is 0.0347. The lowest BCUT2D eigenvalue weighted by atomic mass is 10.1. The SMILES string of the molecule is CCCCCC/C=C/CC/C=C/C(O)C(COP(=O)(O)OCCN)NC(=O)CC(O)/C=C\C/C=C\CCCCCCCC. The van der Waals surface area contributed by atoms with E-state index in [0.29, 0.717) is 12.8 Å². The molecule has 0 rings (SSSR count). The number of hydrogen-bond donors (Lipinski definition) is 5. The van der Waals surface area contributed by atoms with Crippen LogP contribution in [0.4, 0.5) is 0 Å². The maximum absolute atomic E-state index is 12.6. The van der Waals surface area contributed by atoms with Crippen LogP contribution in [-0.4, -0.2) is 59.0 Å². The molecule has 0 bridgehead atoms. The predicted molar refractivity (Wildman–Crippen MR) is 177 cm³/mol. The molecule has 6 N–H and O–H groups in total. The number of hydrogen-bond acceptors (Lipinski definition) is 7. The van der Waals surface area contributed by atoms with Crippen LogP contribution in [0.5, 0.6) is 0 Å². The number of carbonyl (C=O) groups is 1. The van der Waals surface area contributed by atoms with Crippen LogP contribution in [0.3, 0.4) is 0 Å². The second-order valence-corrected chi connectivity index (χ2v) is 12.3. The van der Waals surface area contributed by atoms with E-state index >= 15 is 0 Å². The summed E-state index contributed by atoms with van der Waals surface area (Å²) in [7, 11) is -4.41. The van der Waals surface area contributed by atoms with Gasteiger partial charge in [0.25, 0.3) is 0 Å². The first-order valence-corrected chi connectivity index (χ1v) is 17.9. The van der Waals surface area contributed by atoms with Gasteiger partial charge in [0.2, 0.25) is 5.91 Å². The van der Waals surface area contributed by atoms with E-state index < -0.39 is 38.6 Å². The van der Waals surface area contributed by atoms with Crippen LogP contribution < -0.4 is 11.1 Å². The number of nitrogens with two attached hydrogens (primary N) is 1. The third-order valence-corrected chi connectivity index (χ3v) is 7.67. The third-order valence-electron chi connectivity index (χ3n) is 6.69. The lowest BCUT2D eigenvalue weighted by Crippen LogP contribution is -2.46. The highest BCUT2D eigenvalue weighted by atomic mass is 31.2. The Morgan fingerprint density at radius 2 is 1.37 bits per heavy atom. The van der Waals surface area contributed by atoms with Crippen molar-refractivity contribution in [3.63, 3.8) is 0 Å². The van der Waals surface area contributed by atoms with Gasteiger partial charge in [0.15, 0.2) is 0 Å². The summed E-state index contributed by atoms with van der Waals surface area (Å²) < 4.78 is 21.8. The molecule has 4 unspecified atom stereocenters. The molecule has 1 amide bonds. The number of rotatable bonds is 29. The van der Waals surface area contributed by atoms with E-state index in [0.717, 1.165) is 19.3 Å². The van der Waals surface area contributed by atoms with Gasteiger partial charge in [-0.05, 0) is 44.9 Å². The molecule has 0 aliphatic heterocycles. The van der Waals surface area contributed by atoms with Gasteiger partial charge in [-0.25, -0.2) is 4.57 Å². The number of nitrogens with one attached hydrogen (secondary N) is 1. The first kappa shape index (κ1) is 41.4. The molecule has 0 saturated carbocycles. The highest BCUT2D eigenvalue weighted by molar-refractivity contribution is 7.47. The molecule has 10 heteroatoms. The van der Waals surface area contributed by atoms with Gasteiger partial charge >= 0.3 is 7.82 Å². The number of allylic oxidation sites excluding steroid dienone is 6. The Balaban J connectivity index is 4.73. The van der Waals surface area contributed by atoms with Gasteiger partial charge in [-0.1, -0.05) is 114 Å².